The lowest BCUT2D eigenvalue weighted by Crippen LogP contribution is -2.30. The monoisotopic (exact) mass is 394 g/mol. The van der Waals surface area contributed by atoms with Crippen LogP contribution in [0, 0.1) is 0 Å². The Morgan fingerprint density at radius 3 is 2.44 bits per heavy atom. The van der Waals surface area contributed by atoms with Crippen molar-refractivity contribution in [3.63, 3.8) is 0 Å². The van der Waals surface area contributed by atoms with Gasteiger partial charge < -0.3 is 15.4 Å². The van der Waals surface area contributed by atoms with Gasteiger partial charge in [0.1, 0.15) is 5.75 Å². The summed E-state index contributed by atoms with van der Waals surface area (Å²) in [5, 5.41) is 7.80. The number of thioether (sulfide) groups is 1. The van der Waals surface area contributed by atoms with E-state index in [0.29, 0.717) is 5.11 Å². The lowest BCUT2D eigenvalue weighted by Gasteiger charge is -2.12. The Kier molecular flexibility index (Phi) is 8.38. The molecule has 0 aliphatic carbocycles. The minimum absolute atomic E-state index is 0.173. The normalized spacial score (nSPS) is 10.6. The molecule has 0 radical (unpaired) electrons. The maximum atomic E-state index is 5.88. The predicted molar refractivity (Wildman–Crippen MR) is 114 cm³/mol. The van der Waals surface area contributed by atoms with Crippen molar-refractivity contribution in [2.75, 3.05) is 17.6 Å². The molecular weight excluding hydrogens is 372 g/mol. The SMILES string of the molecule is CC(C)Oc1ccc(NC(=S)NCCSCc2ccc(Cl)cc2)cc1. The molecular formula is C19H23ClN2OS2. The number of ether oxygens (including phenoxy) is 1. The summed E-state index contributed by atoms with van der Waals surface area (Å²) in [5.41, 5.74) is 2.22. The lowest BCUT2D eigenvalue weighted by atomic mass is 10.2. The molecule has 2 aromatic rings. The van der Waals surface area contributed by atoms with Gasteiger partial charge in [0.2, 0.25) is 0 Å². The molecule has 2 aromatic carbocycles. The van der Waals surface area contributed by atoms with Gasteiger partial charge in [0.05, 0.1) is 6.10 Å². The maximum absolute atomic E-state index is 5.88. The minimum Gasteiger partial charge on any atom is -0.491 e. The largest absolute Gasteiger partial charge is 0.491 e. The number of halogens is 1. The van der Waals surface area contributed by atoms with Crippen LogP contribution in [0.2, 0.25) is 5.02 Å². The van der Waals surface area contributed by atoms with Crippen LogP contribution in [0.15, 0.2) is 48.5 Å². The van der Waals surface area contributed by atoms with Gasteiger partial charge in [-0.1, -0.05) is 23.7 Å². The Morgan fingerprint density at radius 1 is 1.12 bits per heavy atom. The zero-order valence-corrected chi connectivity index (χ0v) is 16.8. The summed E-state index contributed by atoms with van der Waals surface area (Å²) in [7, 11) is 0. The number of nitrogens with one attached hydrogen (secondary N) is 2. The van der Waals surface area contributed by atoms with E-state index >= 15 is 0 Å². The van der Waals surface area contributed by atoms with Crippen LogP contribution in [-0.4, -0.2) is 23.5 Å². The Balaban J connectivity index is 1.62. The molecule has 0 aliphatic heterocycles. The van der Waals surface area contributed by atoms with Crippen molar-refractivity contribution in [3.8, 4) is 5.75 Å². The molecule has 0 unspecified atom stereocenters. The quantitative estimate of drug-likeness (QED) is 0.466. The number of rotatable bonds is 8. The highest BCUT2D eigenvalue weighted by Crippen LogP contribution is 2.17. The van der Waals surface area contributed by atoms with Crippen molar-refractivity contribution in [3.05, 3.63) is 59.1 Å². The molecule has 6 heteroatoms. The molecule has 0 spiro atoms. The van der Waals surface area contributed by atoms with Gasteiger partial charge in [0, 0.05) is 28.8 Å². The number of benzene rings is 2. The molecule has 0 saturated carbocycles. The van der Waals surface area contributed by atoms with E-state index < -0.39 is 0 Å². The first kappa shape index (κ1) is 19.9. The van der Waals surface area contributed by atoms with Gasteiger partial charge in [-0.15, -0.1) is 0 Å². The molecule has 2 rings (SSSR count). The summed E-state index contributed by atoms with van der Waals surface area (Å²) in [6, 6.07) is 15.8. The highest BCUT2D eigenvalue weighted by atomic mass is 35.5. The zero-order chi connectivity index (χ0) is 18.1. The van der Waals surface area contributed by atoms with Gasteiger partial charge in [-0.3, -0.25) is 0 Å². The molecule has 3 nitrogen and oxygen atoms in total. The standard InChI is InChI=1S/C19H23ClN2OS2/c1-14(2)23-18-9-7-17(8-10-18)22-19(24)21-11-12-25-13-15-3-5-16(20)6-4-15/h3-10,14H,11-13H2,1-2H3,(H2,21,22,24). The van der Waals surface area contributed by atoms with E-state index in [-0.39, 0.29) is 6.10 Å². The molecule has 0 heterocycles. The third-order valence-corrected chi connectivity index (χ3v) is 4.73. The predicted octanol–water partition coefficient (Wildman–Crippen LogP) is 5.35. The van der Waals surface area contributed by atoms with Crippen LogP contribution in [-0.2, 0) is 5.75 Å². The highest BCUT2D eigenvalue weighted by molar-refractivity contribution is 7.98. The Morgan fingerprint density at radius 2 is 1.80 bits per heavy atom. The second-order valence-corrected chi connectivity index (χ2v) is 7.70. The van der Waals surface area contributed by atoms with Crippen molar-refractivity contribution in [1.82, 2.24) is 5.32 Å². The average molecular weight is 395 g/mol. The molecule has 134 valence electrons. The molecule has 0 saturated heterocycles. The zero-order valence-electron chi connectivity index (χ0n) is 14.4. The number of hydrogen-bond acceptors (Lipinski definition) is 3. The summed E-state index contributed by atoms with van der Waals surface area (Å²) < 4.78 is 5.62. The van der Waals surface area contributed by atoms with Crippen molar-refractivity contribution < 1.29 is 4.74 Å². The smallest absolute Gasteiger partial charge is 0.170 e. The summed E-state index contributed by atoms with van der Waals surface area (Å²) in [5.74, 6) is 2.81. The molecule has 0 aromatic heterocycles. The second kappa shape index (κ2) is 10.5. The van der Waals surface area contributed by atoms with E-state index in [0.717, 1.165) is 34.5 Å². The fraction of sp³-hybridized carbons (Fsp3) is 0.316. The lowest BCUT2D eigenvalue weighted by molar-refractivity contribution is 0.242. The van der Waals surface area contributed by atoms with Gasteiger partial charge in [-0.05, 0) is 68.0 Å². The molecule has 0 amide bonds. The molecule has 0 bridgehead atoms. The van der Waals surface area contributed by atoms with Crippen molar-refractivity contribution in [2.45, 2.75) is 25.7 Å². The van der Waals surface area contributed by atoms with Crippen molar-refractivity contribution in [1.29, 1.82) is 0 Å². The van der Waals surface area contributed by atoms with Crippen molar-refractivity contribution >= 4 is 46.4 Å². The second-order valence-electron chi connectivity index (χ2n) is 5.75. The fourth-order valence-electron chi connectivity index (χ4n) is 2.07. The van der Waals surface area contributed by atoms with Crippen LogP contribution in [0.3, 0.4) is 0 Å². The van der Waals surface area contributed by atoms with Crippen LogP contribution in [0.1, 0.15) is 19.4 Å². The van der Waals surface area contributed by atoms with Gasteiger partial charge in [0.15, 0.2) is 5.11 Å². The van der Waals surface area contributed by atoms with Gasteiger partial charge >= 0.3 is 0 Å². The topological polar surface area (TPSA) is 33.3 Å². The molecule has 0 fully saturated rings. The van der Waals surface area contributed by atoms with E-state index in [1.54, 1.807) is 0 Å². The van der Waals surface area contributed by atoms with E-state index in [1.807, 2.05) is 62.0 Å². The van der Waals surface area contributed by atoms with E-state index in [9.17, 15) is 0 Å². The molecule has 2 N–H and O–H groups in total. The van der Waals surface area contributed by atoms with E-state index in [1.165, 1.54) is 5.56 Å². The molecule has 0 aliphatic rings. The third kappa shape index (κ3) is 7.99. The fourth-order valence-corrected chi connectivity index (χ4v) is 3.24. The molecule has 25 heavy (non-hydrogen) atoms. The molecule has 0 atom stereocenters. The van der Waals surface area contributed by atoms with Gasteiger partial charge in [-0.25, -0.2) is 0 Å². The number of anilines is 1. The number of hydrogen-bond donors (Lipinski definition) is 2. The summed E-state index contributed by atoms with van der Waals surface area (Å²) in [6.07, 6.45) is 0.173. The first-order valence-electron chi connectivity index (χ1n) is 8.16. The van der Waals surface area contributed by atoms with Crippen LogP contribution >= 0.6 is 35.6 Å². The van der Waals surface area contributed by atoms with Crippen molar-refractivity contribution in [2.24, 2.45) is 0 Å². The van der Waals surface area contributed by atoms with Gasteiger partial charge in [-0.2, -0.15) is 11.8 Å². The Labute approximate surface area is 164 Å². The van der Waals surface area contributed by atoms with Gasteiger partial charge in [0.25, 0.3) is 0 Å². The average Bonchev–Trinajstić information content (AvgIpc) is 2.57. The minimum atomic E-state index is 0.173. The van der Waals surface area contributed by atoms with Crippen LogP contribution in [0.5, 0.6) is 5.75 Å². The third-order valence-electron chi connectivity index (χ3n) is 3.20. The first-order chi connectivity index (χ1) is 12.0. The Hall–Kier alpha value is -1.43. The summed E-state index contributed by atoms with van der Waals surface area (Å²) in [6.45, 7) is 4.84. The Bertz CT molecular complexity index is 660. The van der Waals surface area contributed by atoms with Crippen LogP contribution in [0.4, 0.5) is 5.69 Å². The van der Waals surface area contributed by atoms with E-state index in [4.69, 9.17) is 28.6 Å². The van der Waals surface area contributed by atoms with Crippen LogP contribution < -0.4 is 15.4 Å². The maximum Gasteiger partial charge on any atom is 0.170 e. The summed E-state index contributed by atoms with van der Waals surface area (Å²) in [4.78, 5) is 0. The first-order valence-corrected chi connectivity index (χ1v) is 10.1. The van der Waals surface area contributed by atoms with Crippen LogP contribution in [0.25, 0.3) is 0 Å². The highest BCUT2D eigenvalue weighted by Gasteiger charge is 2.00. The van der Waals surface area contributed by atoms with E-state index in [2.05, 4.69) is 22.8 Å². The number of thiocarbonyl (C=S) groups is 1. The summed E-state index contributed by atoms with van der Waals surface area (Å²) >= 11 is 13.1.